The topological polar surface area (TPSA) is 123 Å². The number of nitro groups is 1. The number of rotatable bonds is 8. The number of fused-ring (bicyclic) bond motifs is 1. The van der Waals surface area contributed by atoms with Crippen LogP contribution in [0.3, 0.4) is 0 Å². The molecule has 176 valence electrons. The van der Waals surface area contributed by atoms with Gasteiger partial charge in [0.1, 0.15) is 0 Å². The number of hydrogen-bond donors (Lipinski definition) is 3. The van der Waals surface area contributed by atoms with E-state index in [1.807, 2.05) is 24.3 Å². The van der Waals surface area contributed by atoms with Crippen LogP contribution in [0.5, 0.6) is 11.5 Å². The summed E-state index contributed by atoms with van der Waals surface area (Å²) in [6.07, 6.45) is -0.197. The number of nitrogens with zero attached hydrogens (tertiary/aromatic N) is 1. The number of carbonyl (C=O) groups is 1. The summed E-state index contributed by atoms with van der Waals surface area (Å²) in [4.78, 5) is 23.9. The molecule has 0 fully saturated rings. The van der Waals surface area contributed by atoms with Crippen molar-refractivity contribution in [2.24, 2.45) is 0 Å². The minimum atomic E-state index is -0.685. The third-order valence-corrected chi connectivity index (χ3v) is 5.87. The molecule has 1 aliphatic carbocycles. The molecule has 1 amide bonds. The summed E-state index contributed by atoms with van der Waals surface area (Å²) in [5.74, 6) is 0.612. The molecule has 0 spiro atoms. The fraction of sp³-hybridized carbons (Fsp3) is 0.240. The number of anilines is 1. The SMILES string of the molecule is COc1ccc(CNC(=O)c2cc([N+](=O)[O-])ccc2NC2c3ccccc3CC2O)cc1OC. The summed E-state index contributed by atoms with van der Waals surface area (Å²) in [6.45, 7) is 0.177. The molecule has 0 aromatic heterocycles. The van der Waals surface area contributed by atoms with Crippen molar-refractivity contribution < 1.29 is 24.3 Å². The maximum atomic E-state index is 13.1. The second-order valence-electron chi connectivity index (χ2n) is 7.95. The van der Waals surface area contributed by atoms with Gasteiger partial charge in [0.2, 0.25) is 0 Å². The lowest BCUT2D eigenvalue weighted by Gasteiger charge is -2.21. The number of nitrogens with one attached hydrogen (secondary N) is 2. The lowest BCUT2D eigenvalue weighted by Crippen LogP contribution is -2.26. The monoisotopic (exact) mass is 463 g/mol. The molecule has 2 unspecified atom stereocenters. The Kier molecular flexibility index (Phi) is 6.65. The van der Waals surface area contributed by atoms with Gasteiger partial charge in [-0.05, 0) is 34.9 Å². The van der Waals surface area contributed by atoms with E-state index in [1.54, 1.807) is 18.2 Å². The summed E-state index contributed by atoms with van der Waals surface area (Å²) in [5, 5.41) is 28.0. The van der Waals surface area contributed by atoms with Gasteiger partial charge in [-0.15, -0.1) is 0 Å². The van der Waals surface area contributed by atoms with E-state index >= 15 is 0 Å². The Labute approximate surface area is 196 Å². The quantitative estimate of drug-likeness (QED) is 0.344. The molecule has 3 N–H and O–H groups in total. The number of hydrogen-bond acceptors (Lipinski definition) is 7. The highest BCUT2D eigenvalue weighted by atomic mass is 16.6. The van der Waals surface area contributed by atoms with Gasteiger partial charge in [-0.2, -0.15) is 0 Å². The molecule has 34 heavy (non-hydrogen) atoms. The highest BCUT2D eigenvalue weighted by Crippen LogP contribution is 2.35. The van der Waals surface area contributed by atoms with E-state index in [4.69, 9.17) is 9.47 Å². The first-order valence-corrected chi connectivity index (χ1v) is 10.7. The Hall–Kier alpha value is -4.11. The first kappa shape index (κ1) is 23.1. The Morgan fingerprint density at radius 1 is 1.09 bits per heavy atom. The van der Waals surface area contributed by atoms with Crippen LogP contribution in [0.4, 0.5) is 11.4 Å². The summed E-state index contributed by atoms with van der Waals surface area (Å²) in [7, 11) is 3.06. The maximum Gasteiger partial charge on any atom is 0.270 e. The first-order chi connectivity index (χ1) is 16.4. The van der Waals surface area contributed by atoms with Gasteiger partial charge >= 0.3 is 0 Å². The molecule has 0 saturated heterocycles. The molecule has 0 bridgehead atoms. The molecule has 3 aromatic rings. The number of carbonyl (C=O) groups excluding carboxylic acids is 1. The molecule has 2 atom stereocenters. The lowest BCUT2D eigenvalue weighted by atomic mass is 10.1. The van der Waals surface area contributed by atoms with Crippen molar-refractivity contribution in [1.82, 2.24) is 5.32 Å². The molecule has 0 saturated carbocycles. The molecule has 9 heteroatoms. The highest BCUT2D eigenvalue weighted by Gasteiger charge is 2.31. The molecule has 0 radical (unpaired) electrons. The molecule has 3 aromatic carbocycles. The van der Waals surface area contributed by atoms with Crippen LogP contribution >= 0.6 is 0 Å². The predicted octanol–water partition coefficient (Wildman–Crippen LogP) is 3.61. The number of aliphatic hydroxyl groups is 1. The van der Waals surface area contributed by atoms with E-state index in [0.717, 1.165) is 16.7 Å². The third kappa shape index (κ3) is 4.65. The minimum Gasteiger partial charge on any atom is -0.493 e. The van der Waals surface area contributed by atoms with E-state index in [2.05, 4.69) is 10.6 Å². The lowest BCUT2D eigenvalue weighted by molar-refractivity contribution is -0.384. The maximum absolute atomic E-state index is 13.1. The van der Waals surface area contributed by atoms with Crippen LogP contribution in [0.25, 0.3) is 0 Å². The Balaban J connectivity index is 1.58. The van der Waals surface area contributed by atoms with Crippen molar-refractivity contribution in [3.8, 4) is 11.5 Å². The number of ether oxygens (including phenoxy) is 2. The first-order valence-electron chi connectivity index (χ1n) is 10.7. The van der Waals surface area contributed by atoms with Crippen LogP contribution in [0.1, 0.15) is 33.1 Å². The average Bonchev–Trinajstić information content (AvgIpc) is 3.17. The smallest absolute Gasteiger partial charge is 0.270 e. The number of aliphatic hydroxyl groups excluding tert-OH is 1. The van der Waals surface area contributed by atoms with Crippen LogP contribution in [-0.4, -0.2) is 36.3 Å². The van der Waals surface area contributed by atoms with E-state index in [1.165, 1.54) is 32.4 Å². The zero-order valence-corrected chi connectivity index (χ0v) is 18.8. The summed E-state index contributed by atoms with van der Waals surface area (Å²) in [6, 6.07) is 16.6. The third-order valence-electron chi connectivity index (χ3n) is 5.87. The molecule has 9 nitrogen and oxygen atoms in total. The summed E-state index contributed by atoms with van der Waals surface area (Å²) >= 11 is 0. The molecule has 0 aliphatic heterocycles. The largest absolute Gasteiger partial charge is 0.493 e. The van der Waals surface area contributed by atoms with Crippen LogP contribution < -0.4 is 20.1 Å². The molecular weight excluding hydrogens is 438 g/mol. The summed E-state index contributed by atoms with van der Waals surface area (Å²) in [5.41, 5.74) is 3.04. The van der Waals surface area contributed by atoms with Gasteiger partial charge in [-0.3, -0.25) is 14.9 Å². The van der Waals surface area contributed by atoms with Gasteiger partial charge in [0.25, 0.3) is 11.6 Å². The van der Waals surface area contributed by atoms with E-state index in [-0.39, 0.29) is 17.8 Å². The van der Waals surface area contributed by atoms with Crippen molar-refractivity contribution in [2.75, 3.05) is 19.5 Å². The van der Waals surface area contributed by atoms with E-state index < -0.39 is 23.0 Å². The Bertz CT molecular complexity index is 1230. The minimum absolute atomic E-state index is 0.117. The highest BCUT2D eigenvalue weighted by molar-refractivity contribution is 6.00. The van der Waals surface area contributed by atoms with Gasteiger partial charge in [0.05, 0.1) is 36.9 Å². The molecule has 4 rings (SSSR count). The average molecular weight is 463 g/mol. The zero-order valence-electron chi connectivity index (χ0n) is 18.8. The van der Waals surface area contributed by atoms with Crippen LogP contribution in [-0.2, 0) is 13.0 Å². The molecule has 1 aliphatic rings. The number of non-ortho nitro benzene ring substituents is 1. The fourth-order valence-corrected chi connectivity index (χ4v) is 4.14. The van der Waals surface area contributed by atoms with Gasteiger partial charge in [-0.25, -0.2) is 0 Å². The van der Waals surface area contributed by atoms with E-state index in [9.17, 15) is 20.0 Å². The molecular formula is C25H25N3O6. The molecule has 0 heterocycles. The van der Waals surface area contributed by atoms with Crippen molar-refractivity contribution in [1.29, 1.82) is 0 Å². The van der Waals surface area contributed by atoms with Crippen molar-refractivity contribution in [3.05, 3.63) is 93.0 Å². The van der Waals surface area contributed by atoms with Gasteiger partial charge < -0.3 is 25.2 Å². The van der Waals surface area contributed by atoms with Crippen molar-refractivity contribution >= 4 is 17.3 Å². The van der Waals surface area contributed by atoms with Crippen LogP contribution in [0.15, 0.2) is 60.7 Å². The Morgan fingerprint density at radius 2 is 1.85 bits per heavy atom. The van der Waals surface area contributed by atoms with Crippen LogP contribution in [0, 0.1) is 10.1 Å². The number of nitro benzene ring substituents is 1. The number of benzene rings is 3. The fourth-order valence-electron chi connectivity index (χ4n) is 4.14. The second-order valence-corrected chi connectivity index (χ2v) is 7.95. The van der Waals surface area contributed by atoms with E-state index in [0.29, 0.717) is 23.6 Å². The Morgan fingerprint density at radius 3 is 2.59 bits per heavy atom. The standard InChI is InChI=1S/C25H25N3O6/c1-33-22-10-7-15(11-23(22)34-2)14-26-25(30)19-13-17(28(31)32)8-9-20(19)27-24-18-6-4-3-5-16(18)12-21(24)29/h3-11,13,21,24,27,29H,12,14H2,1-2H3,(H,26,30). The zero-order chi connectivity index (χ0) is 24.2. The second kappa shape index (κ2) is 9.80. The normalized spacial score (nSPS) is 16.4. The van der Waals surface area contributed by atoms with Crippen molar-refractivity contribution in [3.63, 3.8) is 0 Å². The van der Waals surface area contributed by atoms with Gasteiger partial charge in [0.15, 0.2) is 11.5 Å². The number of methoxy groups -OCH3 is 2. The van der Waals surface area contributed by atoms with Gasteiger partial charge in [0, 0.05) is 30.8 Å². The van der Waals surface area contributed by atoms with Crippen LogP contribution in [0.2, 0.25) is 0 Å². The number of amides is 1. The summed E-state index contributed by atoms with van der Waals surface area (Å²) < 4.78 is 10.5. The predicted molar refractivity (Wildman–Crippen MR) is 126 cm³/mol. The van der Waals surface area contributed by atoms with Crippen molar-refractivity contribution in [2.45, 2.75) is 25.1 Å². The van der Waals surface area contributed by atoms with Gasteiger partial charge in [-0.1, -0.05) is 30.3 Å².